The molecule has 3 aromatic rings. The third kappa shape index (κ3) is 2.82. The lowest BCUT2D eigenvalue weighted by Crippen LogP contribution is -2.55. The van der Waals surface area contributed by atoms with Gasteiger partial charge in [0, 0.05) is 36.0 Å². The maximum Gasteiger partial charge on any atom is 0.230 e. The molecule has 36 heavy (non-hydrogen) atoms. The summed E-state index contributed by atoms with van der Waals surface area (Å²) in [7, 11) is 0. The van der Waals surface area contributed by atoms with Gasteiger partial charge in [-0.1, -0.05) is 37.3 Å². The molecule has 7 rings (SSSR count). The molecule has 8 nitrogen and oxygen atoms in total. The van der Waals surface area contributed by atoms with E-state index in [4.69, 9.17) is 9.15 Å². The molecule has 6 heterocycles. The van der Waals surface area contributed by atoms with Gasteiger partial charge in [0.05, 0.1) is 36.3 Å². The molecule has 2 bridgehead atoms. The lowest BCUT2D eigenvalue weighted by Gasteiger charge is -2.43. The molecule has 0 saturated carbocycles. The van der Waals surface area contributed by atoms with Crippen molar-refractivity contribution in [3.05, 3.63) is 72.3 Å². The number of Topliss-reactive ketones (excluding diaryl/α,β-unsaturated/α-hetero) is 1. The van der Waals surface area contributed by atoms with E-state index in [2.05, 4.69) is 16.4 Å². The molecule has 2 N–H and O–H groups in total. The average molecular weight is 486 g/mol. The summed E-state index contributed by atoms with van der Waals surface area (Å²) in [6, 6.07) is 10.7. The van der Waals surface area contributed by atoms with Gasteiger partial charge in [0.1, 0.15) is 17.1 Å². The number of aromatic nitrogens is 1. The van der Waals surface area contributed by atoms with Crippen molar-refractivity contribution in [2.24, 2.45) is 17.8 Å². The topological polar surface area (TPSA) is 105 Å². The van der Waals surface area contributed by atoms with Crippen LogP contribution in [0.5, 0.6) is 0 Å². The van der Waals surface area contributed by atoms with E-state index in [-0.39, 0.29) is 24.0 Å². The number of ether oxygens (including phenoxy) is 1. The zero-order chi connectivity index (χ0) is 24.6. The Morgan fingerprint density at radius 3 is 2.92 bits per heavy atom. The molecule has 8 heteroatoms. The van der Waals surface area contributed by atoms with Crippen molar-refractivity contribution >= 4 is 28.5 Å². The number of piperidine rings is 1. The summed E-state index contributed by atoms with van der Waals surface area (Å²) in [5, 5.41) is 4.20. The van der Waals surface area contributed by atoms with Crippen molar-refractivity contribution in [2.75, 3.05) is 6.54 Å². The average Bonchev–Trinajstić information content (AvgIpc) is 3.69. The Bertz CT molecular complexity index is 1410. The van der Waals surface area contributed by atoms with E-state index >= 15 is 0 Å². The van der Waals surface area contributed by atoms with E-state index in [1.807, 2.05) is 43.5 Å². The predicted molar refractivity (Wildman–Crippen MR) is 130 cm³/mol. The molecule has 3 saturated heterocycles. The highest BCUT2D eigenvalue weighted by atomic mass is 16.5. The number of rotatable bonds is 5. The van der Waals surface area contributed by atoms with Crippen LogP contribution < -0.4 is 5.32 Å². The van der Waals surface area contributed by atoms with Gasteiger partial charge in [-0.2, -0.15) is 0 Å². The minimum atomic E-state index is -0.971. The molecule has 3 fully saturated rings. The number of hydrogen-bond donors (Lipinski definition) is 2. The second-order valence-electron chi connectivity index (χ2n) is 10.4. The molecule has 1 spiro atoms. The highest BCUT2D eigenvalue weighted by Crippen LogP contribution is 2.59. The third-order valence-electron chi connectivity index (χ3n) is 8.62. The van der Waals surface area contributed by atoms with Gasteiger partial charge >= 0.3 is 0 Å². The third-order valence-corrected chi connectivity index (χ3v) is 8.62. The first kappa shape index (κ1) is 21.6. The fraction of sp³-hybridized carbons (Fsp3) is 0.393. The zero-order valence-corrected chi connectivity index (χ0v) is 19.8. The summed E-state index contributed by atoms with van der Waals surface area (Å²) < 4.78 is 12.0. The molecule has 0 aliphatic carbocycles. The minimum absolute atomic E-state index is 0.0764. The van der Waals surface area contributed by atoms with Crippen LogP contribution in [0.2, 0.25) is 0 Å². The van der Waals surface area contributed by atoms with Crippen molar-refractivity contribution in [3.63, 3.8) is 0 Å². The van der Waals surface area contributed by atoms with Crippen LogP contribution in [0, 0.1) is 17.8 Å². The van der Waals surface area contributed by atoms with E-state index in [0.29, 0.717) is 18.7 Å². The first-order valence-electron chi connectivity index (χ1n) is 12.6. The van der Waals surface area contributed by atoms with Crippen LogP contribution in [0.3, 0.4) is 0 Å². The molecule has 7 atom stereocenters. The van der Waals surface area contributed by atoms with Gasteiger partial charge in [0.2, 0.25) is 11.8 Å². The van der Waals surface area contributed by atoms with Crippen LogP contribution in [0.4, 0.5) is 0 Å². The monoisotopic (exact) mass is 485 g/mol. The second kappa shape index (κ2) is 7.67. The van der Waals surface area contributed by atoms with E-state index in [1.165, 1.54) is 0 Å². The molecule has 184 valence electrons. The smallest absolute Gasteiger partial charge is 0.230 e. The van der Waals surface area contributed by atoms with E-state index < -0.39 is 41.5 Å². The molecule has 1 aromatic carbocycles. The lowest BCUT2D eigenvalue weighted by atomic mass is 9.70. The van der Waals surface area contributed by atoms with Gasteiger partial charge in [-0.3, -0.25) is 14.4 Å². The van der Waals surface area contributed by atoms with Gasteiger partial charge < -0.3 is 24.4 Å². The van der Waals surface area contributed by atoms with Gasteiger partial charge in [-0.15, -0.1) is 0 Å². The maximum atomic E-state index is 14.0. The van der Waals surface area contributed by atoms with Gasteiger partial charge in [0.15, 0.2) is 0 Å². The first-order valence-corrected chi connectivity index (χ1v) is 12.6. The van der Waals surface area contributed by atoms with Crippen molar-refractivity contribution in [2.45, 2.75) is 43.6 Å². The van der Waals surface area contributed by atoms with Crippen LogP contribution in [-0.4, -0.2) is 51.8 Å². The number of nitrogens with zero attached hydrogens (tertiary/aromatic N) is 1. The number of amides is 2. The Kier molecular flexibility index (Phi) is 4.61. The number of benzene rings is 1. The number of hydrogen-bond acceptors (Lipinski definition) is 5. The fourth-order valence-corrected chi connectivity index (χ4v) is 7.04. The highest BCUT2D eigenvalue weighted by molar-refractivity contribution is 5.96. The van der Waals surface area contributed by atoms with Crippen LogP contribution >= 0.6 is 0 Å². The summed E-state index contributed by atoms with van der Waals surface area (Å²) in [6.07, 6.45) is 7.75. The maximum absolute atomic E-state index is 14.0. The summed E-state index contributed by atoms with van der Waals surface area (Å²) in [5.41, 5.74) is 1.23. The summed E-state index contributed by atoms with van der Waals surface area (Å²) in [6.45, 7) is 2.32. The molecular weight excluding hydrogens is 458 g/mol. The molecule has 2 aromatic heterocycles. The number of H-pyrrole nitrogens is 1. The number of nitrogens with one attached hydrogen (secondary N) is 2. The quantitative estimate of drug-likeness (QED) is 0.541. The summed E-state index contributed by atoms with van der Waals surface area (Å²) >= 11 is 0. The number of furan rings is 1. The standard InChI is InChI=1S/C28H27N3O5/c1-15-20(32)13-19(21-7-4-12-35-21)31-25(15)28-10-8-22(36-28)23(24(28)27(31)34)26(33)29-11-9-16-14-30-18-6-3-2-5-17(16)18/h2-8,10,12,14-15,19,22-25,30H,9,11,13H2,1H3,(H,29,33)/t15-,19+,22-,23-,24-,25+,28-/m0/s1. The Morgan fingerprint density at radius 2 is 2.08 bits per heavy atom. The molecule has 2 amide bonds. The highest BCUT2D eigenvalue weighted by Gasteiger charge is 2.74. The van der Waals surface area contributed by atoms with Crippen molar-refractivity contribution < 1.29 is 23.5 Å². The van der Waals surface area contributed by atoms with Crippen LogP contribution in [0.1, 0.15) is 30.7 Å². The Morgan fingerprint density at radius 1 is 1.22 bits per heavy atom. The van der Waals surface area contributed by atoms with E-state index in [0.717, 1.165) is 16.5 Å². The lowest BCUT2D eigenvalue weighted by molar-refractivity contribution is -0.148. The van der Waals surface area contributed by atoms with Crippen LogP contribution in [0.15, 0.2) is 65.4 Å². The molecule has 4 aliphatic heterocycles. The van der Waals surface area contributed by atoms with Gasteiger partial charge in [-0.25, -0.2) is 0 Å². The van der Waals surface area contributed by atoms with Gasteiger partial charge in [0.25, 0.3) is 0 Å². The number of fused-ring (bicyclic) bond motifs is 3. The SMILES string of the molecule is C[C@H]1C(=O)C[C@H](c2ccco2)N2C(=O)[C@@H]3[C@@H](C(=O)NCCc4c[nH]c5ccccc45)[C@@H]4C=C[C@@]3(O4)[C@@H]12. The normalized spacial score (nSPS) is 34.4. The number of aromatic amines is 1. The summed E-state index contributed by atoms with van der Waals surface area (Å²) in [4.78, 5) is 45.5. The fourth-order valence-electron chi connectivity index (χ4n) is 7.04. The Balaban J connectivity index is 1.15. The largest absolute Gasteiger partial charge is 0.467 e. The van der Waals surface area contributed by atoms with Crippen molar-refractivity contribution in [1.29, 1.82) is 0 Å². The number of carbonyl (C=O) groups is 3. The van der Waals surface area contributed by atoms with Crippen molar-refractivity contribution in [1.82, 2.24) is 15.2 Å². The second-order valence-corrected chi connectivity index (χ2v) is 10.4. The molecule has 0 unspecified atom stereocenters. The molecule has 0 radical (unpaired) electrons. The first-order chi connectivity index (χ1) is 17.5. The van der Waals surface area contributed by atoms with E-state index in [1.54, 1.807) is 23.3 Å². The van der Waals surface area contributed by atoms with Crippen LogP contribution in [-0.2, 0) is 25.5 Å². The summed E-state index contributed by atoms with van der Waals surface area (Å²) in [5.74, 6) is -1.33. The number of carbonyl (C=O) groups excluding carboxylic acids is 3. The van der Waals surface area contributed by atoms with Crippen LogP contribution in [0.25, 0.3) is 10.9 Å². The Hall–Kier alpha value is -3.65. The Labute approximate surface area is 207 Å². The number of ketones is 1. The molecule has 4 aliphatic rings. The van der Waals surface area contributed by atoms with E-state index in [9.17, 15) is 14.4 Å². The number of para-hydroxylation sites is 1. The predicted octanol–water partition coefficient (Wildman–Crippen LogP) is 2.92. The minimum Gasteiger partial charge on any atom is -0.467 e. The van der Waals surface area contributed by atoms with Crippen molar-refractivity contribution in [3.8, 4) is 0 Å². The zero-order valence-electron chi connectivity index (χ0n) is 19.8. The molecular formula is C28H27N3O5. The van der Waals surface area contributed by atoms with Gasteiger partial charge in [-0.05, 0) is 30.2 Å².